The first-order chi connectivity index (χ1) is 36.7. The highest BCUT2D eigenvalue weighted by Gasteiger charge is 2.45. The summed E-state index contributed by atoms with van der Waals surface area (Å²) in [6.07, 6.45) is -0.744. The maximum Gasteiger partial charge on any atom is 0.319 e. The topological polar surface area (TPSA) is 252 Å². The molecule has 5 amide bonds. The molecule has 404 valence electrons. The highest BCUT2D eigenvalue weighted by molar-refractivity contribution is 6.35. The zero-order valence-corrected chi connectivity index (χ0v) is 42.5. The maximum absolute atomic E-state index is 17.1. The van der Waals surface area contributed by atoms with E-state index in [9.17, 15) is 39.3 Å². The Balaban J connectivity index is 0.681. The Kier molecular flexibility index (Phi) is 17.5. The van der Waals surface area contributed by atoms with E-state index in [1.165, 1.54) is 23.1 Å². The number of aliphatic hydroxyl groups is 2. The summed E-state index contributed by atoms with van der Waals surface area (Å²) in [5.74, 6) is -3.16. The summed E-state index contributed by atoms with van der Waals surface area (Å²) in [6.45, 7) is 7.50. The molecule has 21 nitrogen and oxygen atoms in total. The van der Waals surface area contributed by atoms with Crippen LogP contribution in [-0.2, 0) is 33.3 Å². The van der Waals surface area contributed by atoms with Crippen molar-refractivity contribution >= 4 is 68.6 Å². The van der Waals surface area contributed by atoms with Gasteiger partial charge in [0.15, 0.2) is 5.82 Å². The lowest BCUT2D eigenvalue weighted by Gasteiger charge is -2.36. The second-order valence-electron chi connectivity index (χ2n) is 18.8. The van der Waals surface area contributed by atoms with Gasteiger partial charge in [-0.2, -0.15) is 9.97 Å². The Morgan fingerprint density at radius 3 is 2.18 bits per heavy atom. The summed E-state index contributed by atoms with van der Waals surface area (Å²) in [6, 6.07) is 15.4. The lowest BCUT2D eigenvalue weighted by molar-refractivity contribution is -0.159. The molecule has 4 aromatic carbocycles. The summed E-state index contributed by atoms with van der Waals surface area (Å²) in [7, 11) is 0. The number of benzene rings is 4. The molecule has 4 N–H and O–H groups in total. The van der Waals surface area contributed by atoms with Crippen molar-refractivity contribution in [2.75, 3.05) is 104 Å². The monoisotopic (exact) mass is 1070 g/mol. The van der Waals surface area contributed by atoms with Crippen LogP contribution >= 0.6 is 11.6 Å². The number of phenolic OH excluding ortho intramolecular Hbond substituents is 1. The van der Waals surface area contributed by atoms with Crippen LogP contribution < -0.4 is 19.7 Å². The second-order valence-corrected chi connectivity index (χ2v) is 19.2. The highest BCUT2D eigenvalue weighted by Crippen LogP contribution is 2.43. The molecule has 9 rings (SSSR count). The number of carbonyl (C=O) groups excluding carboxylic acids is 5. The fourth-order valence-electron chi connectivity index (χ4n) is 9.92. The number of anilines is 1. The van der Waals surface area contributed by atoms with Gasteiger partial charge in [-0.05, 0) is 78.9 Å². The van der Waals surface area contributed by atoms with Gasteiger partial charge in [0, 0.05) is 63.2 Å². The van der Waals surface area contributed by atoms with E-state index >= 15 is 4.39 Å². The minimum atomic E-state index is -2.13. The number of hydrogen-bond acceptors (Lipinski definition) is 18. The molecule has 0 bridgehead atoms. The first-order valence-corrected chi connectivity index (χ1v) is 25.7. The van der Waals surface area contributed by atoms with Crippen LogP contribution in [0.2, 0.25) is 5.02 Å². The number of carbonyl (C=O) groups is 5. The fraction of sp³-hybridized carbons (Fsp3) is 0.453. The third kappa shape index (κ3) is 12.5. The maximum atomic E-state index is 17.1. The molecule has 0 saturated carbocycles. The number of piperidine rings is 2. The van der Waals surface area contributed by atoms with Gasteiger partial charge in [-0.1, -0.05) is 35.9 Å². The SMILES string of the molecule is C[C@H](CN1CCC(OCCOCCOCCOCCOc2ccc3c(c2)C(=O)N(C2CCC(=O)NC2=O)C3=O)CC1)Oc1nc(N2CCN(C(=O)C(O)O)CC2)c2cc(Cl)c(-c3cc(O)cc4ccccc34)c(F)c2n1. The van der Waals surface area contributed by atoms with E-state index < -0.39 is 53.8 Å². The average Bonchev–Trinajstić information content (AvgIpc) is 3.71. The molecule has 3 saturated heterocycles. The molecule has 5 aromatic rings. The normalized spacial score (nSPS) is 18.0. The molecular formula is C53H59ClFN7O14. The smallest absolute Gasteiger partial charge is 0.319 e. The van der Waals surface area contributed by atoms with Crippen molar-refractivity contribution in [1.29, 1.82) is 0 Å². The number of piperazine rings is 1. The predicted molar refractivity (Wildman–Crippen MR) is 273 cm³/mol. The lowest BCUT2D eigenvalue weighted by Crippen LogP contribution is -2.54. The van der Waals surface area contributed by atoms with Crippen LogP contribution in [0.4, 0.5) is 10.2 Å². The van der Waals surface area contributed by atoms with E-state index in [1.807, 2.05) is 36.1 Å². The molecule has 0 spiro atoms. The number of phenols is 1. The molecule has 5 heterocycles. The number of halogens is 2. The van der Waals surface area contributed by atoms with Gasteiger partial charge in [-0.25, -0.2) is 4.39 Å². The van der Waals surface area contributed by atoms with Crippen molar-refractivity contribution in [2.24, 2.45) is 0 Å². The van der Waals surface area contributed by atoms with Gasteiger partial charge >= 0.3 is 6.01 Å². The second kappa shape index (κ2) is 24.6. The Morgan fingerprint density at radius 2 is 1.47 bits per heavy atom. The Morgan fingerprint density at radius 1 is 0.789 bits per heavy atom. The number of aromatic nitrogens is 2. The van der Waals surface area contributed by atoms with Gasteiger partial charge in [0.25, 0.3) is 17.7 Å². The quantitative estimate of drug-likeness (QED) is 0.0438. The molecule has 3 fully saturated rings. The summed E-state index contributed by atoms with van der Waals surface area (Å²) < 4.78 is 52.1. The van der Waals surface area contributed by atoms with E-state index in [2.05, 4.69) is 15.2 Å². The molecule has 0 radical (unpaired) electrons. The van der Waals surface area contributed by atoms with Crippen LogP contribution in [0.3, 0.4) is 0 Å². The number of likely N-dealkylation sites (tertiary alicyclic amines) is 1. The van der Waals surface area contributed by atoms with Crippen molar-refractivity contribution < 1.29 is 72.1 Å². The van der Waals surface area contributed by atoms with Gasteiger partial charge in [0.1, 0.15) is 41.6 Å². The van der Waals surface area contributed by atoms with Crippen LogP contribution in [0, 0.1) is 5.82 Å². The van der Waals surface area contributed by atoms with E-state index in [0.717, 1.165) is 30.8 Å². The number of fused-ring (bicyclic) bond motifs is 3. The predicted octanol–water partition coefficient (Wildman–Crippen LogP) is 3.69. The molecule has 1 aromatic heterocycles. The lowest BCUT2D eigenvalue weighted by atomic mass is 9.96. The van der Waals surface area contributed by atoms with Gasteiger partial charge in [-0.15, -0.1) is 0 Å². The first-order valence-electron chi connectivity index (χ1n) is 25.3. The zero-order chi connectivity index (χ0) is 53.5. The number of ether oxygens (including phenoxy) is 6. The molecule has 4 aliphatic heterocycles. The third-order valence-corrected chi connectivity index (χ3v) is 14.0. The summed E-state index contributed by atoms with van der Waals surface area (Å²) in [5.41, 5.74) is 0.720. The highest BCUT2D eigenvalue weighted by atomic mass is 35.5. The minimum absolute atomic E-state index is 0.0380. The van der Waals surface area contributed by atoms with E-state index in [1.54, 1.807) is 18.2 Å². The van der Waals surface area contributed by atoms with E-state index in [0.29, 0.717) is 79.5 Å². The van der Waals surface area contributed by atoms with Crippen molar-refractivity contribution in [1.82, 2.24) is 30.0 Å². The number of aliphatic hydroxyl groups excluding tert-OH is 1. The van der Waals surface area contributed by atoms with Gasteiger partial charge < -0.3 is 53.5 Å². The first kappa shape index (κ1) is 54.2. The fourth-order valence-corrected chi connectivity index (χ4v) is 10.2. The van der Waals surface area contributed by atoms with E-state index in [4.69, 9.17) is 45.0 Å². The number of aromatic hydroxyl groups is 1. The van der Waals surface area contributed by atoms with Crippen molar-refractivity contribution in [3.63, 3.8) is 0 Å². The molecule has 4 aliphatic rings. The molecule has 0 aliphatic carbocycles. The number of nitrogens with zero attached hydrogens (tertiary/aromatic N) is 6. The van der Waals surface area contributed by atoms with Gasteiger partial charge in [-0.3, -0.25) is 39.1 Å². The number of rotatable bonds is 22. The zero-order valence-electron chi connectivity index (χ0n) is 41.8. The van der Waals surface area contributed by atoms with Crippen molar-refractivity contribution in [3.05, 3.63) is 82.6 Å². The number of nitrogens with one attached hydrogen (secondary N) is 1. The molecular weight excluding hydrogens is 1010 g/mol. The van der Waals surface area contributed by atoms with Gasteiger partial charge in [0.2, 0.25) is 18.1 Å². The van der Waals surface area contributed by atoms with Crippen molar-refractivity contribution in [2.45, 2.75) is 57.1 Å². The van der Waals surface area contributed by atoms with Crippen LogP contribution in [0.1, 0.15) is 53.3 Å². The summed E-state index contributed by atoms with van der Waals surface area (Å²) in [5, 5.41) is 33.5. The van der Waals surface area contributed by atoms with Crippen LogP contribution in [-0.4, -0.2) is 193 Å². The molecule has 76 heavy (non-hydrogen) atoms. The van der Waals surface area contributed by atoms with Gasteiger partial charge in [0.05, 0.1) is 68.5 Å². The van der Waals surface area contributed by atoms with Crippen LogP contribution in [0.25, 0.3) is 32.8 Å². The third-order valence-electron chi connectivity index (χ3n) is 13.7. The number of imide groups is 2. The summed E-state index contributed by atoms with van der Waals surface area (Å²) in [4.78, 5) is 77.9. The molecule has 1 unspecified atom stereocenters. The average molecular weight is 1070 g/mol. The molecule has 2 atom stereocenters. The number of amides is 5. The van der Waals surface area contributed by atoms with E-state index in [-0.39, 0.29) is 97.3 Å². The Hall–Kier alpha value is -6.63. The standard InChI is InChI=1S/C53H59ClFN7O14/c1-31(76-53-57-46-40(47(58-53)60-14-16-61(17-15-60)51(68)52(69)70)29-41(54)44(45(46)55)38-27-33(63)26-32-4-2-3-5-36(32)38)30-59-12-10-34(11-13-59)74-24-22-72-20-18-71-19-21-73-23-25-75-35-6-7-37-39(28-35)50(67)62(49(37)66)42-8-9-43(64)56-48(42)65/h2-7,26-29,31,34,42,52,63,69-70H,8-25,30H2,1H3,(H,56,64,65)/t31-,42?/m1/s1. The van der Waals surface area contributed by atoms with Crippen LogP contribution in [0.15, 0.2) is 60.7 Å². The largest absolute Gasteiger partial charge is 0.508 e. The molecule has 23 heteroatoms. The minimum Gasteiger partial charge on any atom is -0.508 e. The summed E-state index contributed by atoms with van der Waals surface area (Å²) >= 11 is 6.88. The number of hydrogen-bond donors (Lipinski definition) is 4. The van der Waals surface area contributed by atoms with Crippen molar-refractivity contribution in [3.8, 4) is 28.6 Å². The van der Waals surface area contributed by atoms with Crippen LogP contribution in [0.5, 0.6) is 17.5 Å². The Bertz CT molecular complexity index is 2970. The Labute approximate surface area is 441 Å².